The van der Waals surface area contributed by atoms with Gasteiger partial charge < -0.3 is 8.83 Å². The highest BCUT2D eigenvalue weighted by Gasteiger charge is 2.15. The minimum absolute atomic E-state index is 0.334. The normalized spacial score (nSPS) is 14.8. The van der Waals surface area contributed by atoms with Crippen molar-refractivity contribution in [1.29, 1.82) is 0 Å². The van der Waals surface area contributed by atoms with Crippen LogP contribution in [0.25, 0.3) is 0 Å². The molecule has 2 aromatic rings. The minimum Gasteiger partial charge on any atom is -0.449 e. The van der Waals surface area contributed by atoms with E-state index in [9.17, 15) is 0 Å². The van der Waals surface area contributed by atoms with E-state index in [-0.39, 0.29) is 0 Å². The van der Waals surface area contributed by atoms with Gasteiger partial charge in [-0.3, -0.25) is 0 Å². The lowest BCUT2D eigenvalue weighted by molar-refractivity contribution is 0.403. The molecule has 0 saturated carbocycles. The number of oxazole rings is 2. The molecule has 2 unspecified atom stereocenters. The van der Waals surface area contributed by atoms with Gasteiger partial charge >= 0.3 is 0 Å². The molecule has 0 fully saturated rings. The van der Waals surface area contributed by atoms with Gasteiger partial charge in [0, 0.05) is 11.8 Å². The highest BCUT2D eigenvalue weighted by Crippen LogP contribution is 2.26. The second-order valence-corrected chi connectivity index (χ2v) is 4.58. The van der Waals surface area contributed by atoms with Gasteiger partial charge in [0.25, 0.3) is 0 Å². The Labute approximate surface area is 101 Å². The van der Waals surface area contributed by atoms with Crippen LogP contribution >= 0.6 is 0 Å². The van der Waals surface area contributed by atoms with E-state index in [1.165, 1.54) is 0 Å². The SMILES string of the molecule is Cc1coc(C(C)CCC(C)c2ncco2)n1. The van der Waals surface area contributed by atoms with Crippen molar-refractivity contribution in [3.05, 3.63) is 36.2 Å². The highest BCUT2D eigenvalue weighted by atomic mass is 16.3. The summed E-state index contributed by atoms with van der Waals surface area (Å²) < 4.78 is 10.7. The van der Waals surface area contributed by atoms with Crippen LogP contribution < -0.4 is 0 Å². The molecule has 0 aromatic carbocycles. The maximum absolute atomic E-state index is 5.40. The van der Waals surface area contributed by atoms with E-state index in [4.69, 9.17) is 8.83 Å². The van der Waals surface area contributed by atoms with Crippen molar-refractivity contribution in [3.63, 3.8) is 0 Å². The lowest BCUT2D eigenvalue weighted by Gasteiger charge is -2.10. The van der Waals surface area contributed by atoms with Gasteiger partial charge in [-0.1, -0.05) is 13.8 Å². The van der Waals surface area contributed by atoms with Crippen molar-refractivity contribution in [1.82, 2.24) is 9.97 Å². The summed E-state index contributed by atoms with van der Waals surface area (Å²) in [5.41, 5.74) is 0.938. The Balaban J connectivity index is 1.86. The molecule has 2 rings (SSSR count). The molecule has 4 heteroatoms. The van der Waals surface area contributed by atoms with Crippen molar-refractivity contribution in [2.75, 3.05) is 0 Å². The van der Waals surface area contributed by atoms with Crippen LogP contribution in [0.1, 0.15) is 56.0 Å². The predicted octanol–water partition coefficient (Wildman–Crippen LogP) is 3.66. The minimum atomic E-state index is 0.334. The van der Waals surface area contributed by atoms with E-state index in [1.807, 2.05) is 6.92 Å². The molecule has 0 spiro atoms. The number of aryl methyl sites for hydroxylation is 1. The van der Waals surface area contributed by atoms with E-state index >= 15 is 0 Å². The largest absolute Gasteiger partial charge is 0.449 e. The molecule has 92 valence electrons. The van der Waals surface area contributed by atoms with E-state index in [0.29, 0.717) is 11.8 Å². The van der Waals surface area contributed by atoms with Gasteiger partial charge in [0.15, 0.2) is 11.8 Å². The molecule has 0 aliphatic heterocycles. The molecule has 2 aromatic heterocycles. The third-order valence-corrected chi connectivity index (χ3v) is 2.96. The molecule has 0 aliphatic rings. The molecule has 2 atom stereocenters. The topological polar surface area (TPSA) is 52.1 Å². The third kappa shape index (κ3) is 2.96. The second-order valence-electron chi connectivity index (χ2n) is 4.58. The summed E-state index contributed by atoms with van der Waals surface area (Å²) in [7, 11) is 0. The van der Waals surface area contributed by atoms with Gasteiger partial charge in [-0.05, 0) is 19.8 Å². The van der Waals surface area contributed by atoms with Crippen LogP contribution in [0.4, 0.5) is 0 Å². The van der Waals surface area contributed by atoms with Crippen LogP contribution in [0.15, 0.2) is 27.6 Å². The number of rotatable bonds is 5. The average Bonchev–Trinajstić information content (AvgIpc) is 2.95. The average molecular weight is 234 g/mol. The summed E-state index contributed by atoms with van der Waals surface area (Å²) in [5.74, 6) is 2.30. The molecule has 0 saturated heterocycles. The first-order valence-corrected chi connectivity index (χ1v) is 5.98. The molecule has 0 amide bonds. The summed E-state index contributed by atoms with van der Waals surface area (Å²) in [6, 6.07) is 0. The summed E-state index contributed by atoms with van der Waals surface area (Å²) in [5, 5.41) is 0. The Morgan fingerprint density at radius 1 is 1.12 bits per heavy atom. The van der Waals surface area contributed by atoms with E-state index in [1.54, 1.807) is 18.7 Å². The summed E-state index contributed by atoms with van der Waals surface area (Å²) in [6.07, 6.45) is 7.04. The number of hydrogen-bond donors (Lipinski definition) is 0. The number of nitrogens with zero attached hydrogens (tertiary/aromatic N) is 2. The van der Waals surface area contributed by atoms with Crippen LogP contribution in [0, 0.1) is 6.92 Å². The van der Waals surface area contributed by atoms with Crippen molar-refractivity contribution < 1.29 is 8.83 Å². The zero-order valence-corrected chi connectivity index (χ0v) is 10.5. The molecule has 17 heavy (non-hydrogen) atoms. The molecule has 4 nitrogen and oxygen atoms in total. The van der Waals surface area contributed by atoms with Gasteiger partial charge in [0.05, 0.1) is 11.9 Å². The standard InChI is InChI=1S/C13H18N2O2/c1-9(12-14-6-7-16-12)4-5-10(2)13-15-11(3)8-17-13/h6-10H,4-5H2,1-3H3. The fourth-order valence-corrected chi connectivity index (χ4v) is 1.82. The Morgan fingerprint density at radius 2 is 1.82 bits per heavy atom. The maximum Gasteiger partial charge on any atom is 0.197 e. The number of hydrogen-bond acceptors (Lipinski definition) is 4. The van der Waals surface area contributed by atoms with Gasteiger partial charge in [-0.15, -0.1) is 0 Å². The summed E-state index contributed by atoms with van der Waals surface area (Å²) in [6.45, 7) is 6.20. The smallest absolute Gasteiger partial charge is 0.197 e. The predicted molar refractivity (Wildman–Crippen MR) is 63.8 cm³/mol. The number of aromatic nitrogens is 2. The first-order chi connectivity index (χ1) is 8.16. The van der Waals surface area contributed by atoms with Crippen molar-refractivity contribution in [3.8, 4) is 0 Å². The van der Waals surface area contributed by atoms with Crippen molar-refractivity contribution >= 4 is 0 Å². The zero-order valence-electron chi connectivity index (χ0n) is 10.5. The highest BCUT2D eigenvalue weighted by molar-refractivity contribution is 4.98. The fraction of sp³-hybridized carbons (Fsp3) is 0.538. The molecular weight excluding hydrogens is 216 g/mol. The lowest BCUT2D eigenvalue weighted by atomic mass is 9.98. The van der Waals surface area contributed by atoms with Gasteiger partial charge in [-0.25, -0.2) is 9.97 Å². The van der Waals surface area contributed by atoms with Crippen molar-refractivity contribution in [2.24, 2.45) is 0 Å². The lowest BCUT2D eigenvalue weighted by Crippen LogP contribution is -1.99. The van der Waals surface area contributed by atoms with Crippen LogP contribution in [-0.4, -0.2) is 9.97 Å². The summed E-state index contributed by atoms with van der Waals surface area (Å²) >= 11 is 0. The molecule has 0 radical (unpaired) electrons. The maximum atomic E-state index is 5.40. The zero-order chi connectivity index (χ0) is 12.3. The van der Waals surface area contributed by atoms with Crippen LogP contribution in [0.3, 0.4) is 0 Å². The van der Waals surface area contributed by atoms with Gasteiger partial charge in [-0.2, -0.15) is 0 Å². The first kappa shape index (κ1) is 11.9. The first-order valence-electron chi connectivity index (χ1n) is 5.98. The Bertz CT molecular complexity index is 448. The van der Waals surface area contributed by atoms with E-state index in [2.05, 4.69) is 23.8 Å². The van der Waals surface area contributed by atoms with E-state index in [0.717, 1.165) is 30.3 Å². The Hall–Kier alpha value is -1.58. The monoisotopic (exact) mass is 234 g/mol. The second kappa shape index (κ2) is 5.17. The molecule has 2 heterocycles. The molecular formula is C13H18N2O2. The molecule has 0 N–H and O–H groups in total. The van der Waals surface area contributed by atoms with E-state index < -0.39 is 0 Å². The van der Waals surface area contributed by atoms with Crippen LogP contribution in [0.2, 0.25) is 0 Å². The summed E-state index contributed by atoms with van der Waals surface area (Å²) in [4.78, 5) is 8.51. The third-order valence-electron chi connectivity index (χ3n) is 2.96. The molecule has 0 aliphatic carbocycles. The fourth-order valence-electron chi connectivity index (χ4n) is 1.82. The molecule has 0 bridgehead atoms. The quantitative estimate of drug-likeness (QED) is 0.792. The van der Waals surface area contributed by atoms with Gasteiger partial charge in [0.2, 0.25) is 0 Å². The van der Waals surface area contributed by atoms with Gasteiger partial charge in [0.1, 0.15) is 12.5 Å². The van der Waals surface area contributed by atoms with Crippen molar-refractivity contribution in [2.45, 2.75) is 45.4 Å². The van der Waals surface area contributed by atoms with Crippen LogP contribution in [-0.2, 0) is 0 Å². The Morgan fingerprint density at radius 3 is 2.35 bits per heavy atom. The van der Waals surface area contributed by atoms with Crippen LogP contribution in [0.5, 0.6) is 0 Å². The Kier molecular flexibility index (Phi) is 3.61.